The van der Waals surface area contributed by atoms with Gasteiger partial charge in [0.25, 0.3) is 0 Å². The van der Waals surface area contributed by atoms with E-state index in [-0.39, 0.29) is 11.9 Å². The van der Waals surface area contributed by atoms with Crippen molar-refractivity contribution in [1.29, 1.82) is 0 Å². The molecular weight excluding hydrogens is 286 g/mol. The molecule has 0 bridgehead atoms. The maximum absolute atomic E-state index is 12.6. The van der Waals surface area contributed by atoms with E-state index in [2.05, 4.69) is 51.4 Å². The summed E-state index contributed by atoms with van der Waals surface area (Å²) < 4.78 is 0. The predicted molar refractivity (Wildman–Crippen MR) is 96.3 cm³/mol. The van der Waals surface area contributed by atoms with Gasteiger partial charge >= 0.3 is 0 Å². The highest BCUT2D eigenvalue weighted by Crippen LogP contribution is 2.08. The smallest absolute Gasteiger partial charge is 0.228 e. The van der Waals surface area contributed by atoms with Crippen LogP contribution in [0.15, 0.2) is 24.4 Å². The van der Waals surface area contributed by atoms with Gasteiger partial charge in [0.15, 0.2) is 0 Å². The topological polar surface area (TPSA) is 36.4 Å². The van der Waals surface area contributed by atoms with E-state index in [1.807, 2.05) is 23.1 Å². The Morgan fingerprint density at radius 3 is 2.22 bits per heavy atom. The number of pyridine rings is 1. The van der Waals surface area contributed by atoms with Crippen molar-refractivity contribution in [2.24, 2.45) is 5.92 Å². The first-order valence-corrected chi connectivity index (χ1v) is 8.74. The molecule has 130 valence electrons. The van der Waals surface area contributed by atoms with Crippen molar-refractivity contribution in [3.63, 3.8) is 0 Å². The van der Waals surface area contributed by atoms with Crippen molar-refractivity contribution < 1.29 is 4.79 Å². The largest absolute Gasteiger partial charge is 0.339 e. The first-order chi connectivity index (χ1) is 10.8. The Bertz CT molecular complexity index is 457. The van der Waals surface area contributed by atoms with Crippen LogP contribution in [-0.4, -0.2) is 52.4 Å². The molecule has 0 aliphatic carbocycles. The number of nitrogens with zero attached hydrogens (tertiary/aromatic N) is 3. The number of carbonyl (C=O) groups is 1. The lowest BCUT2D eigenvalue weighted by Crippen LogP contribution is -2.45. The van der Waals surface area contributed by atoms with Crippen LogP contribution in [0, 0.1) is 5.92 Å². The van der Waals surface area contributed by atoms with E-state index in [0.717, 1.165) is 25.3 Å². The molecule has 0 fully saturated rings. The van der Waals surface area contributed by atoms with Crippen molar-refractivity contribution in [2.45, 2.75) is 60.0 Å². The lowest BCUT2D eigenvalue weighted by atomic mass is 10.1. The monoisotopic (exact) mass is 319 g/mol. The zero-order chi connectivity index (χ0) is 17.4. The van der Waals surface area contributed by atoms with Crippen molar-refractivity contribution in [3.8, 4) is 0 Å². The summed E-state index contributed by atoms with van der Waals surface area (Å²) in [6.45, 7) is 15.8. The number of hydrogen-bond acceptors (Lipinski definition) is 3. The van der Waals surface area contributed by atoms with Crippen LogP contribution in [0.4, 0.5) is 0 Å². The van der Waals surface area contributed by atoms with Gasteiger partial charge in [-0.05, 0) is 45.7 Å². The Balaban J connectivity index is 2.65. The lowest BCUT2D eigenvalue weighted by molar-refractivity contribution is -0.132. The van der Waals surface area contributed by atoms with Crippen molar-refractivity contribution in [1.82, 2.24) is 14.8 Å². The zero-order valence-electron chi connectivity index (χ0n) is 15.6. The summed E-state index contributed by atoms with van der Waals surface area (Å²) in [5, 5.41) is 0. The summed E-state index contributed by atoms with van der Waals surface area (Å²) in [7, 11) is 0. The van der Waals surface area contributed by atoms with Crippen LogP contribution >= 0.6 is 0 Å². The van der Waals surface area contributed by atoms with Gasteiger partial charge in [0.1, 0.15) is 0 Å². The van der Waals surface area contributed by atoms with Crippen molar-refractivity contribution in [2.75, 3.05) is 19.6 Å². The molecule has 1 amide bonds. The molecule has 4 nitrogen and oxygen atoms in total. The third-order valence-electron chi connectivity index (χ3n) is 3.96. The second-order valence-electron chi connectivity index (χ2n) is 7.16. The van der Waals surface area contributed by atoms with Crippen LogP contribution in [0.1, 0.15) is 47.2 Å². The first-order valence-electron chi connectivity index (χ1n) is 8.74. The second kappa shape index (κ2) is 9.66. The van der Waals surface area contributed by atoms with Gasteiger partial charge in [0, 0.05) is 43.6 Å². The minimum Gasteiger partial charge on any atom is -0.339 e. The Labute approximate surface area is 141 Å². The Hall–Kier alpha value is -1.42. The summed E-state index contributed by atoms with van der Waals surface area (Å²) in [5.41, 5.74) is 0.839. The number of hydrogen-bond donors (Lipinski definition) is 0. The minimum absolute atomic E-state index is 0.159. The fraction of sp³-hybridized carbons (Fsp3) is 0.684. The summed E-state index contributed by atoms with van der Waals surface area (Å²) in [5.74, 6) is 0.793. The standard InChI is InChI=1S/C19H33N3O/c1-15(2)14-21(16(3)4)11-12-22(17(5)6)19(23)13-18-9-7-8-10-20-18/h7-10,15-17H,11-14H2,1-6H3. The van der Waals surface area contributed by atoms with Crippen LogP contribution in [0.3, 0.4) is 0 Å². The van der Waals surface area contributed by atoms with E-state index in [9.17, 15) is 4.79 Å². The molecule has 0 aliphatic heterocycles. The molecule has 0 aliphatic rings. The summed E-state index contributed by atoms with van der Waals surface area (Å²) in [6, 6.07) is 6.42. The molecule has 1 rings (SSSR count). The van der Waals surface area contributed by atoms with Gasteiger partial charge in [-0.2, -0.15) is 0 Å². The Kier molecular flexibility index (Phi) is 8.24. The summed E-state index contributed by atoms with van der Waals surface area (Å²) in [4.78, 5) is 21.3. The van der Waals surface area contributed by atoms with E-state index in [4.69, 9.17) is 0 Å². The fourth-order valence-electron chi connectivity index (χ4n) is 2.70. The summed E-state index contributed by atoms with van der Waals surface area (Å²) >= 11 is 0. The van der Waals surface area contributed by atoms with Crippen LogP contribution in [0.25, 0.3) is 0 Å². The average molecular weight is 319 g/mol. The third kappa shape index (κ3) is 7.12. The van der Waals surface area contributed by atoms with Gasteiger partial charge in [-0.15, -0.1) is 0 Å². The average Bonchev–Trinajstić information content (AvgIpc) is 2.46. The normalized spacial score (nSPS) is 11.7. The highest BCUT2D eigenvalue weighted by atomic mass is 16.2. The highest BCUT2D eigenvalue weighted by Gasteiger charge is 2.20. The molecule has 0 unspecified atom stereocenters. The molecule has 1 heterocycles. The molecule has 0 saturated heterocycles. The molecule has 0 N–H and O–H groups in total. The molecule has 1 aromatic heterocycles. The van der Waals surface area contributed by atoms with E-state index in [1.54, 1.807) is 6.20 Å². The van der Waals surface area contributed by atoms with Gasteiger partial charge in [0.2, 0.25) is 5.91 Å². The summed E-state index contributed by atoms with van der Waals surface area (Å²) in [6.07, 6.45) is 2.12. The van der Waals surface area contributed by atoms with Crippen molar-refractivity contribution in [3.05, 3.63) is 30.1 Å². The zero-order valence-corrected chi connectivity index (χ0v) is 15.6. The molecule has 0 atom stereocenters. The molecule has 23 heavy (non-hydrogen) atoms. The van der Waals surface area contributed by atoms with Gasteiger partial charge in [-0.25, -0.2) is 0 Å². The van der Waals surface area contributed by atoms with Crippen molar-refractivity contribution >= 4 is 5.91 Å². The molecule has 0 aromatic carbocycles. The van der Waals surface area contributed by atoms with Crippen LogP contribution < -0.4 is 0 Å². The number of rotatable bonds is 9. The number of carbonyl (C=O) groups excluding carboxylic acids is 1. The van der Waals surface area contributed by atoms with Crippen LogP contribution in [0.5, 0.6) is 0 Å². The number of aromatic nitrogens is 1. The SMILES string of the molecule is CC(C)CN(CCN(C(=O)Cc1ccccn1)C(C)C)C(C)C. The molecule has 1 aromatic rings. The highest BCUT2D eigenvalue weighted by molar-refractivity contribution is 5.78. The van der Waals surface area contributed by atoms with Crippen LogP contribution in [0.2, 0.25) is 0 Å². The molecule has 4 heteroatoms. The maximum Gasteiger partial charge on any atom is 0.228 e. The molecule has 0 saturated carbocycles. The second-order valence-corrected chi connectivity index (χ2v) is 7.16. The van der Waals surface area contributed by atoms with Gasteiger partial charge in [-0.1, -0.05) is 19.9 Å². The third-order valence-corrected chi connectivity index (χ3v) is 3.96. The molecular formula is C19H33N3O. The van der Waals surface area contributed by atoms with E-state index >= 15 is 0 Å². The minimum atomic E-state index is 0.159. The van der Waals surface area contributed by atoms with Gasteiger partial charge < -0.3 is 4.90 Å². The van der Waals surface area contributed by atoms with Crippen LogP contribution in [-0.2, 0) is 11.2 Å². The van der Waals surface area contributed by atoms with Gasteiger partial charge in [0.05, 0.1) is 6.42 Å². The lowest BCUT2D eigenvalue weighted by Gasteiger charge is -2.33. The predicted octanol–water partition coefficient (Wildman–Crippen LogP) is 3.23. The van der Waals surface area contributed by atoms with E-state index in [1.165, 1.54) is 0 Å². The molecule has 0 spiro atoms. The first kappa shape index (κ1) is 19.6. The van der Waals surface area contributed by atoms with E-state index < -0.39 is 0 Å². The number of amides is 1. The quantitative estimate of drug-likeness (QED) is 0.701. The molecule has 0 radical (unpaired) electrons. The Morgan fingerprint density at radius 1 is 1.04 bits per heavy atom. The maximum atomic E-state index is 12.6. The Morgan fingerprint density at radius 2 is 1.74 bits per heavy atom. The van der Waals surface area contributed by atoms with E-state index in [0.29, 0.717) is 18.4 Å². The van der Waals surface area contributed by atoms with Gasteiger partial charge in [-0.3, -0.25) is 14.7 Å². The fourth-order valence-corrected chi connectivity index (χ4v) is 2.70.